The predicted molar refractivity (Wildman–Crippen MR) is 73.6 cm³/mol. The summed E-state index contributed by atoms with van der Waals surface area (Å²) in [5, 5.41) is 14.8. The van der Waals surface area contributed by atoms with Gasteiger partial charge in [-0.25, -0.2) is 0 Å². The van der Waals surface area contributed by atoms with Gasteiger partial charge in [0.1, 0.15) is 5.84 Å². The van der Waals surface area contributed by atoms with Crippen molar-refractivity contribution >= 4 is 11.7 Å². The minimum absolute atomic E-state index is 0.0848. The smallest absolute Gasteiger partial charge is 0.237 e. The fourth-order valence-electron chi connectivity index (χ4n) is 1.69. The average Bonchev–Trinajstić information content (AvgIpc) is 2.38. The number of hydrogen-bond donors (Lipinski definition) is 4. The quantitative estimate of drug-likeness (QED) is 0.262. The second kappa shape index (κ2) is 6.19. The van der Waals surface area contributed by atoms with E-state index >= 15 is 0 Å². The van der Waals surface area contributed by atoms with Crippen molar-refractivity contribution in [2.45, 2.75) is 31.8 Å². The number of nitrogens with one attached hydrogen (secondary N) is 1. The zero-order valence-electron chi connectivity index (χ0n) is 11.1. The topological polar surface area (TPSA) is 114 Å². The number of nitrogens with zero attached hydrogens (tertiary/aromatic N) is 1. The fourth-order valence-corrected chi connectivity index (χ4v) is 1.69. The molecular weight excluding hydrogens is 244 g/mol. The third-order valence-electron chi connectivity index (χ3n) is 2.89. The Bertz CT molecular complexity index is 457. The number of amidine groups is 1. The SMILES string of the molecule is CC(C)(NC(CC(N)=NO)c1ccccc1)C(N)=O. The van der Waals surface area contributed by atoms with E-state index < -0.39 is 11.4 Å². The second-order valence-corrected chi connectivity index (χ2v) is 4.89. The predicted octanol–water partition coefficient (Wildman–Crippen LogP) is 0.718. The van der Waals surface area contributed by atoms with Crippen molar-refractivity contribution in [1.82, 2.24) is 5.32 Å². The van der Waals surface area contributed by atoms with Gasteiger partial charge in [-0.1, -0.05) is 35.5 Å². The summed E-state index contributed by atoms with van der Waals surface area (Å²) in [6, 6.07) is 9.20. The number of hydrogen-bond acceptors (Lipinski definition) is 4. The van der Waals surface area contributed by atoms with Crippen LogP contribution in [0.1, 0.15) is 31.9 Å². The maximum atomic E-state index is 11.4. The summed E-state index contributed by atoms with van der Waals surface area (Å²) in [6.07, 6.45) is 0.275. The highest BCUT2D eigenvalue weighted by Gasteiger charge is 2.29. The Morgan fingerprint density at radius 3 is 2.42 bits per heavy atom. The van der Waals surface area contributed by atoms with Crippen LogP contribution in [0.4, 0.5) is 0 Å². The fraction of sp³-hybridized carbons (Fsp3) is 0.385. The van der Waals surface area contributed by atoms with Crippen LogP contribution in [0.2, 0.25) is 0 Å². The highest BCUT2D eigenvalue weighted by atomic mass is 16.4. The molecule has 0 radical (unpaired) electrons. The van der Waals surface area contributed by atoms with Gasteiger partial charge in [-0.3, -0.25) is 10.1 Å². The molecule has 0 aliphatic carbocycles. The van der Waals surface area contributed by atoms with Gasteiger partial charge >= 0.3 is 0 Å². The molecule has 6 heteroatoms. The van der Waals surface area contributed by atoms with Crippen LogP contribution in [0, 0.1) is 0 Å². The molecule has 1 rings (SSSR count). The number of nitrogens with two attached hydrogens (primary N) is 2. The Kier molecular flexibility index (Phi) is 4.88. The molecule has 0 heterocycles. The van der Waals surface area contributed by atoms with E-state index in [-0.39, 0.29) is 18.3 Å². The lowest BCUT2D eigenvalue weighted by molar-refractivity contribution is -0.123. The maximum Gasteiger partial charge on any atom is 0.237 e. The largest absolute Gasteiger partial charge is 0.409 e. The normalized spacial score (nSPS) is 14.1. The van der Waals surface area contributed by atoms with Crippen molar-refractivity contribution in [2.75, 3.05) is 0 Å². The Morgan fingerprint density at radius 2 is 1.95 bits per heavy atom. The first-order valence-electron chi connectivity index (χ1n) is 5.95. The zero-order valence-corrected chi connectivity index (χ0v) is 11.1. The highest BCUT2D eigenvalue weighted by molar-refractivity contribution is 5.84. The molecule has 0 aliphatic heterocycles. The molecule has 0 aromatic heterocycles. The molecule has 0 fully saturated rings. The summed E-state index contributed by atoms with van der Waals surface area (Å²) >= 11 is 0. The minimum Gasteiger partial charge on any atom is -0.409 e. The first-order chi connectivity index (χ1) is 8.86. The molecule has 0 aliphatic rings. The Balaban J connectivity index is 2.97. The molecule has 1 aromatic rings. The molecular formula is C13H20N4O2. The Morgan fingerprint density at radius 1 is 1.37 bits per heavy atom. The van der Waals surface area contributed by atoms with Crippen LogP contribution in [-0.4, -0.2) is 22.5 Å². The number of oxime groups is 1. The number of carbonyl (C=O) groups excluding carboxylic acids is 1. The molecule has 1 unspecified atom stereocenters. The summed E-state index contributed by atoms with van der Waals surface area (Å²) in [7, 11) is 0. The van der Waals surface area contributed by atoms with Gasteiger partial charge in [-0.05, 0) is 19.4 Å². The molecule has 104 valence electrons. The standard InChI is InChI=1S/C13H20N4O2/c1-13(2,12(15)18)16-10(8-11(14)17-19)9-6-4-3-5-7-9/h3-7,10,16,19H,8H2,1-2H3,(H2,14,17)(H2,15,18). The lowest BCUT2D eigenvalue weighted by Crippen LogP contribution is -2.52. The minimum atomic E-state index is -0.893. The highest BCUT2D eigenvalue weighted by Crippen LogP contribution is 2.20. The number of amides is 1. The third-order valence-corrected chi connectivity index (χ3v) is 2.89. The summed E-state index contributed by atoms with van der Waals surface area (Å²) in [5.41, 5.74) is 10.9. The Hall–Kier alpha value is -2.08. The van der Waals surface area contributed by atoms with E-state index in [0.29, 0.717) is 0 Å². The summed E-state index contributed by atoms with van der Waals surface area (Å²) < 4.78 is 0. The van der Waals surface area contributed by atoms with E-state index in [1.165, 1.54) is 0 Å². The van der Waals surface area contributed by atoms with Gasteiger partial charge in [-0.2, -0.15) is 0 Å². The van der Waals surface area contributed by atoms with Crippen LogP contribution in [0.25, 0.3) is 0 Å². The molecule has 0 saturated heterocycles. The molecule has 6 nitrogen and oxygen atoms in total. The van der Waals surface area contributed by atoms with Crippen molar-refractivity contribution in [2.24, 2.45) is 16.6 Å². The summed E-state index contributed by atoms with van der Waals surface area (Å²) in [6.45, 7) is 3.38. The van der Waals surface area contributed by atoms with Crippen molar-refractivity contribution in [3.63, 3.8) is 0 Å². The van der Waals surface area contributed by atoms with Crippen molar-refractivity contribution in [3.05, 3.63) is 35.9 Å². The van der Waals surface area contributed by atoms with Crippen LogP contribution in [-0.2, 0) is 4.79 Å². The number of benzene rings is 1. The molecule has 0 bridgehead atoms. The molecule has 0 saturated carbocycles. The van der Waals surface area contributed by atoms with E-state index in [2.05, 4.69) is 10.5 Å². The second-order valence-electron chi connectivity index (χ2n) is 4.89. The maximum absolute atomic E-state index is 11.4. The van der Waals surface area contributed by atoms with Gasteiger partial charge in [0.05, 0.1) is 5.54 Å². The van der Waals surface area contributed by atoms with Gasteiger partial charge < -0.3 is 16.7 Å². The Labute approximate surface area is 112 Å². The number of rotatable bonds is 6. The van der Waals surface area contributed by atoms with Crippen LogP contribution in [0.15, 0.2) is 35.5 Å². The molecule has 1 amide bonds. The average molecular weight is 264 g/mol. The van der Waals surface area contributed by atoms with E-state index in [0.717, 1.165) is 5.56 Å². The lowest BCUT2D eigenvalue weighted by Gasteiger charge is -2.29. The van der Waals surface area contributed by atoms with Gasteiger partial charge in [0.15, 0.2) is 0 Å². The van der Waals surface area contributed by atoms with Gasteiger partial charge in [0.2, 0.25) is 5.91 Å². The summed E-state index contributed by atoms with van der Waals surface area (Å²) in [4.78, 5) is 11.4. The lowest BCUT2D eigenvalue weighted by atomic mass is 9.97. The van der Waals surface area contributed by atoms with Crippen LogP contribution in [0.5, 0.6) is 0 Å². The molecule has 0 spiro atoms. The van der Waals surface area contributed by atoms with Crippen molar-refractivity contribution in [1.29, 1.82) is 0 Å². The van der Waals surface area contributed by atoms with Gasteiger partial charge in [-0.15, -0.1) is 0 Å². The molecule has 1 atom stereocenters. The van der Waals surface area contributed by atoms with Crippen molar-refractivity contribution in [3.8, 4) is 0 Å². The zero-order chi connectivity index (χ0) is 14.5. The van der Waals surface area contributed by atoms with Gasteiger partial charge in [0.25, 0.3) is 0 Å². The van der Waals surface area contributed by atoms with Gasteiger partial charge in [0, 0.05) is 12.5 Å². The van der Waals surface area contributed by atoms with E-state index in [4.69, 9.17) is 16.7 Å². The first-order valence-corrected chi connectivity index (χ1v) is 5.95. The van der Waals surface area contributed by atoms with Crippen molar-refractivity contribution < 1.29 is 10.0 Å². The van der Waals surface area contributed by atoms with E-state index in [1.54, 1.807) is 13.8 Å². The van der Waals surface area contributed by atoms with Crippen LogP contribution >= 0.6 is 0 Å². The van der Waals surface area contributed by atoms with E-state index in [9.17, 15) is 4.79 Å². The first kappa shape index (κ1) is 15.0. The molecule has 19 heavy (non-hydrogen) atoms. The summed E-state index contributed by atoms with van der Waals surface area (Å²) in [5.74, 6) is -0.380. The number of primary amides is 1. The van der Waals surface area contributed by atoms with Crippen LogP contribution in [0.3, 0.4) is 0 Å². The monoisotopic (exact) mass is 264 g/mol. The van der Waals surface area contributed by atoms with E-state index in [1.807, 2.05) is 30.3 Å². The number of carbonyl (C=O) groups is 1. The molecule has 6 N–H and O–H groups in total. The third kappa shape index (κ3) is 4.26. The van der Waals surface area contributed by atoms with Crippen LogP contribution < -0.4 is 16.8 Å². The molecule has 1 aromatic carbocycles.